The molecule has 0 saturated carbocycles. The van der Waals surface area contributed by atoms with Crippen molar-refractivity contribution in [2.24, 2.45) is 0 Å². The number of benzene rings is 1. The maximum Gasteiger partial charge on any atom is 0.172 e. The summed E-state index contributed by atoms with van der Waals surface area (Å²) in [6.07, 6.45) is 0. The van der Waals surface area contributed by atoms with E-state index in [0.29, 0.717) is 23.4 Å². The Kier molecular flexibility index (Phi) is 5.59. The Hall–Kier alpha value is -0.780. The van der Waals surface area contributed by atoms with E-state index in [9.17, 15) is 5.11 Å². The standard InChI is InChI=1S/C11H16BrNO3/c1-15-4-3-13-7-8-5-9(12)11(14)10(6-8)16-2/h5-6,13-14H,3-4,7H2,1-2H3. The highest BCUT2D eigenvalue weighted by atomic mass is 79.9. The van der Waals surface area contributed by atoms with Crippen LogP contribution >= 0.6 is 15.9 Å². The van der Waals surface area contributed by atoms with Crippen molar-refractivity contribution >= 4 is 15.9 Å². The average molecular weight is 290 g/mol. The van der Waals surface area contributed by atoms with Gasteiger partial charge >= 0.3 is 0 Å². The molecule has 0 bridgehead atoms. The second-order valence-corrected chi connectivity index (χ2v) is 4.15. The third-order valence-electron chi connectivity index (χ3n) is 2.12. The fourth-order valence-corrected chi connectivity index (χ4v) is 1.78. The normalized spacial score (nSPS) is 10.4. The summed E-state index contributed by atoms with van der Waals surface area (Å²) in [7, 11) is 3.20. The summed E-state index contributed by atoms with van der Waals surface area (Å²) in [5, 5.41) is 12.8. The zero-order chi connectivity index (χ0) is 12.0. The largest absolute Gasteiger partial charge is 0.503 e. The SMILES string of the molecule is COCCNCc1cc(Br)c(O)c(OC)c1. The van der Waals surface area contributed by atoms with Gasteiger partial charge in [-0.1, -0.05) is 0 Å². The van der Waals surface area contributed by atoms with Crippen LogP contribution in [0.4, 0.5) is 0 Å². The number of hydrogen-bond donors (Lipinski definition) is 2. The summed E-state index contributed by atoms with van der Waals surface area (Å²) in [6, 6.07) is 3.66. The first-order valence-corrected chi connectivity index (χ1v) is 5.73. The van der Waals surface area contributed by atoms with Crippen LogP contribution in [0.2, 0.25) is 0 Å². The first kappa shape index (κ1) is 13.3. The Labute approximate surface area is 104 Å². The summed E-state index contributed by atoms with van der Waals surface area (Å²) in [5.41, 5.74) is 1.04. The molecule has 0 aliphatic heterocycles. The van der Waals surface area contributed by atoms with Gasteiger partial charge in [-0.2, -0.15) is 0 Å². The number of nitrogens with one attached hydrogen (secondary N) is 1. The Morgan fingerprint density at radius 3 is 2.75 bits per heavy atom. The molecule has 90 valence electrons. The van der Waals surface area contributed by atoms with Gasteiger partial charge in [-0.25, -0.2) is 0 Å². The van der Waals surface area contributed by atoms with E-state index < -0.39 is 0 Å². The van der Waals surface area contributed by atoms with Gasteiger partial charge in [0.05, 0.1) is 18.2 Å². The number of aromatic hydroxyl groups is 1. The van der Waals surface area contributed by atoms with Crippen LogP contribution in [0.5, 0.6) is 11.5 Å². The minimum absolute atomic E-state index is 0.128. The molecule has 0 aliphatic rings. The summed E-state index contributed by atoms with van der Waals surface area (Å²) in [6.45, 7) is 2.17. The monoisotopic (exact) mass is 289 g/mol. The van der Waals surface area contributed by atoms with Gasteiger partial charge in [0, 0.05) is 20.2 Å². The highest BCUT2D eigenvalue weighted by Crippen LogP contribution is 2.35. The Morgan fingerprint density at radius 2 is 2.12 bits per heavy atom. The van der Waals surface area contributed by atoms with E-state index in [-0.39, 0.29) is 5.75 Å². The van der Waals surface area contributed by atoms with Crippen LogP contribution in [0.3, 0.4) is 0 Å². The van der Waals surface area contributed by atoms with Crippen LogP contribution in [0.1, 0.15) is 5.56 Å². The molecule has 2 N–H and O–H groups in total. The molecule has 1 aromatic carbocycles. The first-order valence-electron chi connectivity index (χ1n) is 4.94. The van der Waals surface area contributed by atoms with Crippen molar-refractivity contribution in [2.45, 2.75) is 6.54 Å². The number of rotatable bonds is 6. The number of phenols is 1. The summed E-state index contributed by atoms with van der Waals surface area (Å²) < 4.78 is 10.6. The van der Waals surface area contributed by atoms with Crippen LogP contribution in [-0.2, 0) is 11.3 Å². The number of phenolic OH excluding ortho intramolecular Hbond substituents is 1. The lowest BCUT2D eigenvalue weighted by molar-refractivity contribution is 0.199. The third-order valence-corrected chi connectivity index (χ3v) is 2.72. The first-order chi connectivity index (χ1) is 7.69. The summed E-state index contributed by atoms with van der Waals surface area (Å²) in [4.78, 5) is 0. The van der Waals surface area contributed by atoms with Gasteiger partial charge in [0.2, 0.25) is 0 Å². The van der Waals surface area contributed by atoms with Crippen LogP contribution in [0.25, 0.3) is 0 Å². The molecule has 4 nitrogen and oxygen atoms in total. The van der Waals surface area contributed by atoms with E-state index in [1.807, 2.05) is 6.07 Å². The van der Waals surface area contributed by atoms with E-state index in [1.54, 1.807) is 13.2 Å². The molecule has 0 unspecified atom stereocenters. The van der Waals surface area contributed by atoms with Gasteiger partial charge in [-0.15, -0.1) is 0 Å². The molecular formula is C11H16BrNO3. The van der Waals surface area contributed by atoms with E-state index in [0.717, 1.165) is 12.1 Å². The molecule has 16 heavy (non-hydrogen) atoms. The van der Waals surface area contributed by atoms with Crippen molar-refractivity contribution in [3.05, 3.63) is 22.2 Å². The van der Waals surface area contributed by atoms with Crippen molar-refractivity contribution < 1.29 is 14.6 Å². The molecule has 0 aromatic heterocycles. The highest BCUT2D eigenvalue weighted by Gasteiger charge is 2.07. The molecule has 1 rings (SSSR count). The van der Waals surface area contributed by atoms with Crippen molar-refractivity contribution in [1.29, 1.82) is 0 Å². The lowest BCUT2D eigenvalue weighted by Crippen LogP contribution is -2.18. The lowest BCUT2D eigenvalue weighted by Gasteiger charge is -2.09. The van der Waals surface area contributed by atoms with Gasteiger partial charge in [-0.3, -0.25) is 0 Å². The molecule has 0 fully saturated rings. The van der Waals surface area contributed by atoms with E-state index in [2.05, 4.69) is 21.2 Å². The molecule has 0 spiro atoms. The van der Waals surface area contributed by atoms with Crippen molar-refractivity contribution in [3.63, 3.8) is 0 Å². The lowest BCUT2D eigenvalue weighted by atomic mass is 10.2. The minimum atomic E-state index is 0.128. The molecule has 0 atom stereocenters. The summed E-state index contributed by atoms with van der Waals surface area (Å²) in [5.74, 6) is 0.598. The van der Waals surface area contributed by atoms with E-state index >= 15 is 0 Å². The molecule has 0 saturated heterocycles. The Bertz CT molecular complexity index is 344. The van der Waals surface area contributed by atoms with Gasteiger partial charge in [-0.05, 0) is 33.6 Å². The third kappa shape index (κ3) is 3.66. The molecule has 0 heterocycles. The van der Waals surface area contributed by atoms with Gasteiger partial charge < -0.3 is 19.9 Å². The number of methoxy groups -OCH3 is 2. The Morgan fingerprint density at radius 1 is 1.38 bits per heavy atom. The molecule has 0 amide bonds. The molecule has 5 heteroatoms. The predicted octanol–water partition coefficient (Wildman–Crippen LogP) is 1.90. The fraction of sp³-hybridized carbons (Fsp3) is 0.455. The number of hydrogen-bond acceptors (Lipinski definition) is 4. The van der Waals surface area contributed by atoms with Crippen molar-refractivity contribution in [3.8, 4) is 11.5 Å². The topological polar surface area (TPSA) is 50.7 Å². The van der Waals surface area contributed by atoms with E-state index in [4.69, 9.17) is 9.47 Å². The van der Waals surface area contributed by atoms with E-state index in [1.165, 1.54) is 7.11 Å². The fourth-order valence-electron chi connectivity index (χ4n) is 1.29. The quantitative estimate of drug-likeness (QED) is 0.786. The maximum atomic E-state index is 9.62. The van der Waals surface area contributed by atoms with Gasteiger partial charge in [0.25, 0.3) is 0 Å². The second kappa shape index (κ2) is 6.73. The smallest absolute Gasteiger partial charge is 0.172 e. The predicted molar refractivity (Wildman–Crippen MR) is 65.9 cm³/mol. The van der Waals surface area contributed by atoms with Crippen LogP contribution in [-0.4, -0.2) is 32.5 Å². The van der Waals surface area contributed by atoms with Crippen molar-refractivity contribution in [2.75, 3.05) is 27.4 Å². The van der Waals surface area contributed by atoms with Crippen molar-refractivity contribution in [1.82, 2.24) is 5.32 Å². The molecule has 0 aliphatic carbocycles. The minimum Gasteiger partial charge on any atom is -0.503 e. The van der Waals surface area contributed by atoms with Crippen LogP contribution in [0.15, 0.2) is 16.6 Å². The van der Waals surface area contributed by atoms with Gasteiger partial charge in [0.1, 0.15) is 0 Å². The van der Waals surface area contributed by atoms with Crippen LogP contribution in [0, 0.1) is 0 Å². The maximum absolute atomic E-state index is 9.62. The second-order valence-electron chi connectivity index (χ2n) is 3.30. The zero-order valence-corrected chi connectivity index (χ0v) is 11.0. The van der Waals surface area contributed by atoms with Crippen LogP contribution < -0.4 is 10.1 Å². The highest BCUT2D eigenvalue weighted by molar-refractivity contribution is 9.10. The number of halogens is 1. The number of ether oxygens (including phenoxy) is 2. The molecule has 1 aromatic rings. The Balaban J connectivity index is 2.63. The average Bonchev–Trinajstić information content (AvgIpc) is 2.29. The molecule has 0 radical (unpaired) electrons. The zero-order valence-electron chi connectivity index (χ0n) is 9.42. The van der Waals surface area contributed by atoms with Gasteiger partial charge in [0.15, 0.2) is 11.5 Å². The molecular weight excluding hydrogens is 274 g/mol. The summed E-state index contributed by atoms with van der Waals surface area (Å²) >= 11 is 3.28.